The molecular weight excluding hydrogens is 234 g/mol. The van der Waals surface area contributed by atoms with E-state index in [1.54, 1.807) is 12.1 Å². The number of aromatic nitrogens is 1. The number of aryl methyl sites for hydroxylation is 1. The van der Waals surface area contributed by atoms with Crippen LogP contribution in [0, 0.1) is 18.3 Å². The number of nitrogens with two attached hydrogens (primary N) is 1. The minimum atomic E-state index is 0.252. The fourth-order valence-electron chi connectivity index (χ4n) is 1.70. The van der Waals surface area contributed by atoms with Crippen LogP contribution in [-0.2, 0) is 0 Å². The van der Waals surface area contributed by atoms with Gasteiger partial charge in [-0.3, -0.25) is 0 Å². The number of anilines is 1. The van der Waals surface area contributed by atoms with Gasteiger partial charge in [0.1, 0.15) is 17.5 Å². The summed E-state index contributed by atoms with van der Waals surface area (Å²) in [5, 5.41) is 9.74. The molecule has 0 unspecified atom stereocenters. The molecule has 0 fully saturated rings. The maximum Gasteiger partial charge on any atom is 0.142 e. The van der Waals surface area contributed by atoms with E-state index in [0.717, 1.165) is 16.8 Å². The Kier molecular flexibility index (Phi) is 2.99. The third kappa shape index (κ3) is 2.22. The molecule has 0 atom stereocenters. The fraction of sp³-hybridized carbons (Fsp3) is 0.0769. The summed E-state index contributed by atoms with van der Waals surface area (Å²) in [6, 6.07) is 11.2. The molecule has 0 aliphatic heterocycles. The van der Waals surface area contributed by atoms with Crippen molar-refractivity contribution in [2.75, 3.05) is 5.73 Å². The normalized spacial score (nSPS) is 9.94. The van der Waals surface area contributed by atoms with Gasteiger partial charge in [-0.25, -0.2) is 4.98 Å². The minimum Gasteiger partial charge on any atom is -0.383 e. The molecule has 1 aromatic heterocycles. The smallest absolute Gasteiger partial charge is 0.142 e. The van der Waals surface area contributed by atoms with Crippen molar-refractivity contribution in [1.82, 2.24) is 4.98 Å². The van der Waals surface area contributed by atoms with Crippen molar-refractivity contribution in [3.05, 3.63) is 46.6 Å². The molecule has 2 N–H and O–H groups in total. The van der Waals surface area contributed by atoms with Gasteiger partial charge in [0.05, 0.1) is 0 Å². The van der Waals surface area contributed by atoms with Crippen LogP contribution < -0.4 is 5.73 Å². The highest BCUT2D eigenvalue weighted by Crippen LogP contribution is 2.28. The largest absolute Gasteiger partial charge is 0.383 e. The van der Waals surface area contributed by atoms with E-state index in [4.69, 9.17) is 22.6 Å². The van der Waals surface area contributed by atoms with Gasteiger partial charge >= 0.3 is 0 Å². The molecule has 84 valence electrons. The van der Waals surface area contributed by atoms with Crippen LogP contribution in [0.25, 0.3) is 11.1 Å². The summed E-state index contributed by atoms with van der Waals surface area (Å²) in [6.45, 7) is 1.84. The minimum absolute atomic E-state index is 0.252. The molecule has 0 saturated heterocycles. The third-order valence-electron chi connectivity index (χ3n) is 2.42. The SMILES string of the molecule is Cc1cc(-c2cccc(Cl)c2)c(C#N)c(N)n1. The monoisotopic (exact) mass is 243 g/mol. The molecule has 4 heteroatoms. The number of nitrogens with zero attached hydrogens (tertiary/aromatic N) is 2. The van der Waals surface area contributed by atoms with Crippen LogP contribution in [0.2, 0.25) is 5.02 Å². The number of rotatable bonds is 1. The van der Waals surface area contributed by atoms with Gasteiger partial charge in [-0.2, -0.15) is 5.26 Å². The van der Waals surface area contributed by atoms with E-state index in [-0.39, 0.29) is 5.82 Å². The van der Waals surface area contributed by atoms with E-state index in [9.17, 15) is 0 Å². The van der Waals surface area contributed by atoms with Crippen molar-refractivity contribution in [2.24, 2.45) is 0 Å². The molecule has 3 nitrogen and oxygen atoms in total. The second-order valence-electron chi connectivity index (χ2n) is 3.69. The Morgan fingerprint density at radius 1 is 1.35 bits per heavy atom. The Morgan fingerprint density at radius 2 is 2.12 bits per heavy atom. The van der Waals surface area contributed by atoms with Crippen molar-refractivity contribution in [2.45, 2.75) is 6.92 Å². The van der Waals surface area contributed by atoms with Crippen molar-refractivity contribution >= 4 is 17.4 Å². The first-order valence-corrected chi connectivity index (χ1v) is 5.43. The first-order valence-electron chi connectivity index (χ1n) is 5.05. The van der Waals surface area contributed by atoms with Gasteiger partial charge in [-0.15, -0.1) is 0 Å². The predicted octanol–water partition coefficient (Wildman–Crippen LogP) is 3.16. The number of hydrogen-bond donors (Lipinski definition) is 1. The van der Waals surface area contributed by atoms with Gasteiger partial charge < -0.3 is 5.73 Å². The molecule has 0 spiro atoms. The van der Waals surface area contributed by atoms with Gasteiger partial charge in [-0.1, -0.05) is 23.7 Å². The fourth-order valence-corrected chi connectivity index (χ4v) is 1.89. The molecule has 17 heavy (non-hydrogen) atoms. The summed E-state index contributed by atoms with van der Waals surface area (Å²) in [4.78, 5) is 4.08. The average Bonchev–Trinajstić information content (AvgIpc) is 2.28. The predicted molar refractivity (Wildman–Crippen MR) is 68.5 cm³/mol. The number of hydrogen-bond acceptors (Lipinski definition) is 3. The number of nitriles is 1. The first kappa shape index (κ1) is 11.4. The zero-order valence-electron chi connectivity index (χ0n) is 9.24. The van der Waals surface area contributed by atoms with E-state index >= 15 is 0 Å². The molecule has 2 aromatic rings. The lowest BCUT2D eigenvalue weighted by atomic mass is 10.0. The molecule has 1 heterocycles. The second kappa shape index (κ2) is 4.44. The average molecular weight is 244 g/mol. The van der Waals surface area contributed by atoms with Gasteiger partial charge in [0.15, 0.2) is 0 Å². The molecule has 0 radical (unpaired) electrons. The Balaban J connectivity index is 2.71. The number of nitrogen functional groups attached to an aromatic ring is 1. The first-order chi connectivity index (χ1) is 8.11. The highest BCUT2D eigenvalue weighted by atomic mass is 35.5. The van der Waals surface area contributed by atoms with Crippen LogP contribution in [0.15, 0.2) is 30.3 Å². The summed E-state index contributed by atoms with van der Waals surface area (Å²) in [5.41, 5.74) is 8.53. The van der Waals surface area contributed by atoms with Crippen molar-refractivity contribution in [1.29, 1.82) is 5.26 Å². The van der Waals surface area contributed by atoms with Crippen LogP contribution in [-0.4, -0.2) is 4.98 Å². The molecule has 1 aromatic carbocycles. The molecule has 0 bridgehead atoms. The molecule has 0 saturated carbocycles. The number of halogens is 1. The Hall–Kier alpha value is -2.05. The topological polar surface area (TPSA) is 62.7 Å². The Morgan fingerprint density at radius 3 is 2.76 bits per heavy atom. The Bertz CT molecular complexity index is 615. The lowest BCUT2D eigenvalue weighted by Crippen LogP contribution is -1.99. The van der Waals surface area contributed by atoms with Gasteiger partial charge in [0, 0.05) is 16.3 Å². The summed E-state index contributed by atoms with van der Waals surface area (Å²) in [6.07, 6.45) is 0. The Labute approximate surface area is 104 Å². The van der Waals surface area contributed by atoms with Crippen molar-refractivity contribution in [3.63, 3.8) is 0 Å². The summed E-state index contributed by atoms with van der Waals surface area (Å²) >= 11 is 5.94. The maximum absolute atomic E-state index is 9.12. The molecule has 0 amide bonds. The van der Waals surface area contributed by atoms with Crippen molar-refractivity contribution in [3.8, 4) is 17.2 Å². The van der Waals surface area contributed by atoms with E-state index in [0.29, 0.717) is 10.6 Å². The number of pyridine rings is 1. The zero-order valence-corrected chi connectivity index (χ0v) is 9.99. The summed E-state index contributed by atoms with van der Waals surface area (Å²) in [7, 11) is 0. The quantitative estimate of drug-likeness (QED) is 0.837. The maximum atomic E-state index is 9.12. The summed E-state index contributed by atoms with van der Waals surface area (Å²) in [5.74, 6) is 0.252. The van der Waals surface area contributed by atoms with Gasteiger partial charge in [0.2, 0.25) is 0 Å². The standard InChI is InChI=1S/C13H10ClN3/c1-8-5-11(12(7-15)13(16)17-8)9-3-2-4-10(14)6-9/h2-6H,1H3,(H2,16,17). The highest BCUT2D eigenvalue weighted by molar-refractivity contribution is 6.30. The van der Waals surface area contributed by atoms with E-state index in [2.05, 4.69) is 11.1 Å². The number of benzene rings is 1. The van der Waals surface area contributed by atoms with Gasteiger partial charge in [-0.05, 0) is 30.7 Å². The lowest BCUT2D eigenvalue weighted by Gasteiger charge is -2.08. The van der Waals surface area contributed by atoms with E-state index in [1.165, 1.54) is 0 Å². The van der Waals surface area contributed by atoms with Crippen LogP contribution >= 0.6 is 11.6 Å². The van der Waals surface area contributed by atoms with Crippen molar-refractivity contribution < 1.29 is 0 Å². The second-order valence-corrected chi connectivity index (χ2v) is 4.13. The molecule has 2 rings (SSSR count). The van der Waals surface area contributed by atoms with Crippen LogP contribution in [0.3, 0.4) is 0 Å². The van der Waals surface area contributed by atoms with Crippen LogP contribution in [0.4, 0.5) is 5.82 Å². The molecule has 0 aliphatic carbocycles. The van der Waals surface area contributed by atoms with E-state index < -0.39 is 0 Å². The van der Waals surface area contributed by atoms with Gasteiger partial charge in [0.25, 0.3) is 0 Å². The van der Waals surface area contributed by atoms with Crippen LogP contribution in [0.1, 0.15) is 11.3 Å². The van der Waals surface area contributed by atoms with Crippen LogP contribution in [0.5, 0.6) is 0 Å². The molecule has 0 aliphatic rings. The lowest BCUT2D eigenvalue weighted by molar-refractivity contribution is 1.20. The highest BCUT2D eigenvalue weighted by Gasteiger charge is 2.10. The third-order valence-corrected chi connectivity index (χ3v) is 2.66. The summed E-state index contributed by atoms with van der Waals surface area (Å²) < 4.78 is 0. The zero-order chi connectivity index (χ0) is 12.4. The van der Waals surface area contributed by atoms with E-state index in [1.807, 2.05) is 25.1 Å². The molecular formula is C13H10ClN3.